The minimum absolute atomic E-state index is 0.0352. The van der Waals surface area contributed by atoms with Crippen LogP contribution in [-0.2, 0) is 14.4 Å². The molecule has 4 rings (SSSR count). The van der Waals surface area contributed by atoms with Gasteiger partial charge >= 0.3 is 5.97 Å². The SMILES string of the molecule is O=C(O)C1CCCCN1C(=O)CCN1C(=O)C(=Cc2ccc3c(c2)OCO3)SC1=S. The highest BCUT2D eigenvalue weighted by atomic mass is 32.2. The van der Waals surface area contributed by atoms with E-state index in [1.807, 2.05) is 6.07 Å². The van der Waals surface area contributed by atoms with Gasteiger partial charge < -0.3 is 19.5 Å². The van der Waals surface area contributed by atoms with Gasteiger partial charge in [-0.15, -0.1) is 0 Å². The van der Waals surface area contributed by atoms with Gasteiger partial charge in [0.2, 0.25) is 12.7 Å². The lowest BCUT2D eigenvalue weighted by atomic mass is 10.0. The van der Waals surface area contributed by atoms with Crippen molar-refractivity contribution in [2.24, 2.45) is 0 Å². The van der Waals surface area contributed by atoms with E-state index in [0.29, 0.717) is 33.7 Å². The summed E-state index contributed by atoms with van der Waals surface area (Å²) in [4.78, 5) is 40.1. The number of benzene rings is 1. The van der Waals surface area contributed by atoms with Crippen LogP contribution in [0, 0.1) is 0 Å². The summed E-state index contributed by atoms with van der Waals surface area (Å²) in [6.07, 6.45) is 3.80. The number of carboxylic acids is 1. The first-order chi connectivity index (χ1) is 14.4. The van der Waals surface area contributed by atoms with Crippen molar-refractivity contribution in [2.75, 3.05) is 19.9 Å². The molecule has 1 aromatic rings. The van der Waals surface area contributed by atoms with Gasteiger partial charge in [-0.2, -0.15) is 0 Å². The minimum Gasteiger partial charge on any atom is -0.480 e. The highest BCUT2D eigenvalue weighted by molar-refractivity contribution is 8.26. The molecule has 3 heterocycles. The molecule has 0 aromatic heterocycles. The summed E-state index contributed by atoms with van der Waals surface area (Å²) in [5, 5.41) is 9.35. The molecule has 10 heteroatoms. The van der Waals surface area contributed by atoms with E-state index in [1.165, 1.54) is 21.6 Å². The lowest BCUT2D eigenvalue weighted by Crippen LogP contribution is -2.48. The van der Waals surface area contributed by atoms with E-state index in [1.54, 1.807) is 18.2 Å². The highest BCUT2D eigenvalue weighted by Gasteiger charge is 2.35. The normalized spacial score (nSPS) is 22.1. The lowest BCUT2D eigenvalue weighted by Gasteiger charge is -2.33. The summed E-state index contributed by atoms with van der Waals surface area (Å²) in [5.74, 6) is -0.227. The number of thioether (sulfide) groups is 1. The third kappa shape index (κ3) is 4.15. The largest absolute Gasteiger partial charge is 0.480 e. The first kappa shape index (κ1) is 20.7. The van der Waals surface area contributed by atoms with E-state index >= 15 is 0 Å². The second-order valence-corrected chi connectivity index (χ2v) is 8.81. The van der Waals surface area contributed by atoms with Crippen LogP contribution in [0.25, 0.3) is 6.08 Å². The first-order valence-electron chi connectivity index (χ1n) is 9.61. The minimum atomic E-state index is -0.986. The van der Waals surface area contributed by atoms with Crippen LogP contribution in [-0.4, -0.2) is 62.9 Å². The molecule has 30 heavy (non-hydrogen) atoms. The van der Waals surface area contributed by atoms with Crippen LogP contribution in [0.1, 0.15) is 31.2 Å². The monoisotopic (exact) mass is 448 g/mol. The number of hydrogen-bond donors (Lipinski definition) is 1. The van der Waals surface area contributed by atoms with E-state index < -0.39 is 12.0 Å². The summed E-state index contributed by atoms with van der Waals surface area (Å²) >= 11 is 6.51. The highest BCUT2D eigenvalue weighted by Crippen LogP contribution is 2.36. The fraction of sp³-hybridized carbons (Fsp3) is 0.400. The van der Waals surface area contributed by atoms with E-state index in [-0.39, 0.29) is 31.6 Å². The molecule has 0 radical (unpaired) electrons. The average Bonchev–Trinajstić information content (AvgIpc) is 3.30. The number of ether oxygens (including phenoxy) is 2. The van der Waals surface area contributed by atoms with Crippen LogP contribution in [0.3, 0.4) is 0 Å². The maximum atomic E-state index is 12.8. The average molecular weight is 449 g/mol. The van der Waals surface area contributed by atoms with E-state index in [2.05, 4.69) is 0 Å². The molecule has 3 aliphatic heterocycles. The number of piperidine rings is 1. The number of likely N-dealkylation sites (tertiary alicyclic amines) is 1. The third-order valence-corrected chi connectivity index (χ3v) is 6.60. The van der Waals surface area contributed by atoms with Crippen molar-refractivity contribution in [3.8, 4) is 11.5 Å². The van der Waals surface area contributed by atoms with Gasteiger partial charge in [-0.25, -0.2) is 4.79 Å². The molecule has 2 amide bonds. The Labute approximate surface area is 182 Å². The standard InChI is InChI=1S/C20H20N2O6S2/c23-17(21-7-2-1-3-13(21)19(25)26)6-8-22-18(24)16(30-20(22)29)10-12-4-5-14-15(9-12)28-11-27-14/h4-5,9-10,13H,1-3,6-8,11H2,(H,25,26). The number of nitrogens with zero attached hydrogens (tertiary/aromatic N) is 2. The predicted molar refractivity (Wildman–Crippen MR) is 114 cm³/mol. The van der Waals surface area contributed by atoms with Gasteiger partial charge in [0.05, 0.1) is 4.91 Å². The number of carboxylic acid groups (broad SMARTS) is 1. The summed E-state index contributed by atoms with van der Waals surface area (Å²) in [6.45, 7) is 0.734. The number of amides is 2. The Morgan fingerprint density at radius 2 is 2.07 bits per heavy atom. The topological polar surface area (TPSA) is 96.4 Å². The van der Waals surface area contributed by atoms with Gasteiger partial charge in [0.1, 0.15) is 10.4 Å². The van der Waals surface area contributed by atoms with Crippen LogP contribution in [0.5, 0.6) is 11.5 Å². The molecule has 1 unspecified atom stereocenters. The van der Waals surface area contributed by atoms with Crippen LogP contribution in [0.15, 0.2) is 23.1 Å². The molecule has 8 nitrogen and oxygen atoms in total. The van der Waals surface area contributed by atoms with Crippen LogP contribution in [0.2, 0.25) is 0 Å². The molecule has 158 valence electrons. The van der Waals surface area contributed by atoms with E-state index in [4.69, 9.17) is 21.7 Å². The van der Waals surface area contributed by atoms with Crippen molar-refractivity contribution >= 4 is 52.2 Å². The molecule has 0 aliphatic carbocycles. The number of rotatable bonds is 5. The van der Waals surface area contributed by atoms with Crippen LogP contribution in [0.4, 0.5) is 0 Å². The van der Waals surface area contributed by atoms with Crippen LogP contribution >= 0.6 is 24.0 Å². The Hall–Kier alpha value is -2.59. The molecule has 0 spiro atoms. The molecule has 2 fully saturated rings. The fourth-order valence-corrected chi connectivity index (χ4v) is 4.99. The molecule has 0 saturated carbocycles. The summed E-state index contributed by atoms with van der Waals surface area (Å²) in [7, 11) is 0. The van der Waals surface area contributed by atoms with Gasteiger partial charge in [0.25, 0.3) is 5.91 Å². The first-order valence-corrected chi connectivity index (χ1v) is 10.8. The molecule has 1 aromatic carbocycles. The molecule has 3 aliphatic rings. The third-order valence-electron chi connectivity index (χ3n) is 5.23. The molecular weight excluding hydrogens is 428 g/mol. The second-order valence-electron chi connectivity index (χ2n) is 7.13. The lowest BCUT2D eigenvalue weighted by molar-refractivity contribution is -0.152. The Morgan fingerprint density at radius 1 is 1.27 bits per heavy atom. The Balaban J connectivity index is 1.40. The molecular formula is C20H20N2O6S2. The zero-order chi connectivity index (χ0) is 21.3. The van der Waals surface area contributed by atoms with Crippen molar-refractivity contribution in [2.45, 2.75) is 31.7 Å². The summed E-state index contributed by atoms with van der Waals surface area (Å²) < 4.78 is 11.0. The van der Waals surface area contributed by atoms with Crippen molar-refractivity contribution in [3.63, 3.8) is 0 Å². The molecule has 2 saturated heterocycles. The Morgan fingerprint density at radius 3 is 2.87 bits per heavy atom. The molecule has 0 bridgehead atoms. The predicted octanol–water partition coefficient (Wildman–Crippen LogP) is 2.47. The molecule has 1 atom stereocenters. The number of aliphatic carboxylic acids is 1. The number of carbonyl (C=O) groups is 3. The number of hydrogen-bond acceptors (Lipinski definition) is 7. The van der Waals surface area contributed by atoms with Crippen LogP contribution < -0.4 is 9.47 Å². The van der Waals surface area contributed by atoms with Gasteiger partial charge in [0.15, 0.2) is 11.5 Å². The molecule has 1 N–H and O–H groups in total. The summed E-state index contributed by atoms with van der Waals surface area (Å²) in [6, 6.07) is 4.61. The second kappa shape index (κ2) is 8.65. The van der Waals surface area contributed by atoms with Crippen molar-refractivity contribution in [3.05, 3.63) is 28.7 Å². The smallest absolute Gasteiger partial charge is 0.326 e. The van der Waals surface area contributed by atoms with Gasteiger partial charge in [-0.3, -0.25) is 14.5 Å². The van der Waals surface area contributed by atoms with E-state index in [0.717, 1.165) is 18.4 Å². The van der Waals surface area contributed by atoms with Crippen molar-refractivity contribution < 1.29 is 29.0 Å². The number of fused-ring (bicyclic) bond motifs is 1. The van der Waals surface area contributed by atoms with Gasteiger partial charge in [-0.05, 0) is 43.0 Å². The number of thiocarbonyl (C=S) groups is 1. The Kier molecular flexibility index (Phi) is 5.96. The Bertz CT molecular complexity index is 947. The number of carbonyl (C=O) groups excluding carboxylic acids is 2. The fourth-order valence-electron chi connectivity index (χ4n) is 3.68. The maximum Gasteiger partial charge on any atom is 0.326 e. The van der Waals surface area contributed by atoms with Gasteiger partial charge in [0, 0.05) is 19.5 Å². The zero-order valence-electron chi connectivity index (χ0n) is 16.0. The maximum absolute atomic E-state index is 12.8. The van der Waals surface area contributed by atoms with E-state index in [9.17, 15) is 19.5 Å². The van der Waals surface area contributed by atoms with Crippen molar-refractivity contribution in [1.29, 1.82) is 0 Å². The zero-order valence-corrected chi connectivity index (χ0v) is 17.7. The quantitative estimate of drug-likeness (QED) is 0.542. The van der Waals surface area contributed by atoms with Gasteiger partial charge in [-0.1, -0.05) is 30.0 Å². The summed E-state index contributed by atoms with van der Waals surface area (Å²) in [5.41, 5.74) is 0.786. The van der Waals surface area contributed by atoms with Crippen molar-refractivity contribution in [1.82, 2.24) is 9.80 Å².